The lowest BCUT2D eigenvalue weighted by Crippen LogP contribution is -2.33. The molecule has 0 spiro atoms. The van der Waals surface area contributed by atoms with E-state index in [0.717, 1.165) is 44.2 Å². The Morgan fingerprint density at radius 1 is 1.32 bits per heavy atom. The zero-order valence-corrected chi connectivity index (χ0v) is 15.0. The molecule has 1 heterocycles. The largest absolute Gasteiger partial charge is 0.508 e. The first-order valence-electron chi connectivity index (χ1n) is 9.29. The van der Waals surface area contributed by atoms with Crippen molar-refractivity contribution in [3.63, 3.8) is 0 Å². The van der Waals surface area contributed by atoms with E-state index in [4.69, 9.17) is 4.74 Å². The molecule has 1 aliphatic carbocycles. The predicted octanol–water partition coefficient (Wildman–Crippen LogP) is 3.50. The second kappa shape index (κ2) is 7.46. The van der Waals surface area contributed by atoms with Gasteiger partial charge < -0.3 is 14.7 Å². The Balaban J connectivity index is 1.50. The lowest BCUT2D eigenvalue weighted by molar-refractivity contribution is -0.154. The van der Waals surface area contributed by atoms with Crippen LogP contribution in [-0.2, 0) is 16.1 Å². The molecule has 5 nitrogen and oxygen atoms in total. The number of fused-ring (bicyclic) bond motifs is 1. The number of carbonyl (C=O) groups is 2. The molecule has 0 radical (unpaired) electrons. The maximum absolute atomic E-state index is 12.5. The molecule has 0 bridgehead atoms. The Morgan fingerprint density at radius 2 is 2.04 bits per heavy atom. The van der Waals surface area contributed by atoms with Gasteiger partial charge in [-0.15, -0.1) is 0 Å². The highest BCUT2D eigenvalue weighted by atomic mass is 16.5. The first-order valence-corrected chi connectivity index (χ1v) is 9.29. The van der Waals surface area contributed by atoms with E-state index in [1.807, 2.05) is 24.8 Å². The average Bonchev–Trinajstić information content (AvgIpc) is 2.91. The van der Waals surface area contributed by atoms with Crippen LogP contribution >= 0.6 is 0 Å². The number of hydrogen-bond acceptors (Lipinski definition) is 4. The van der Waals surface area contributed by atoms with E-state index < -0.39 is 0 Å². The number of nitrogens with zero attached hydrogens (tertiary/aromatic N) is 1. The van der Waals surface area contributed by atoms with Gasteiger partial charge in [-0.3, -0.25) is 9.59 Å². The third kappa shape index (κ3) is 3.97. The quantitative estimate of drug-likeness (QED) is 0.830. The Hall–Kier alpha value is -2.04. The zero-order valence-electron chi connectivity index (χ0n) is 15.0. The fourth-order valence-electron chi connectivity index (χ4n) is 3.77. The summed E-state index contributed by atoms with van der Waals surface area (Å²) in [6.07, 6.45) is 4.42. The van der Waals surface area contributed by atoms with Crippen LogP contribution in [0.3, 0.4) is 0 Å². The monoisotopic (exact) mass is 345 g/mol. The summed E-state index contributed by atoms with van der Waals surface area (Å²) in [5, 5.41) is 9.57. The first-order chi connectivity index (χ1) is 12.0. The van der Waals surface area contributed by atoms with Crippen LogP contribution in [0.5, 0.6) is 5.75 Å². The molecule has 5 heteroatoms. The van der Waals surface area contributed by atoms with E-state index in [1.54, 1.807) is 12.1 Å². The van der Waals surface area contributed by atoms with Crippen LogP contribution in [0.1, 0.15) is 61.9 Å². The molecule has 1 amide bonds. The van der Waals surface area contributed by atoms with Crippen LogP contribution in [0.25, 0.3) is 0 Å². The molecule has 25 heavy (non-hydrogen) atoms. The number of carbonyl (C=O) groups excluding carboxylic acids is 2. The van der Waals surface area contributed by atoms with Crippen molar-refractivity contribution in [1.82, 2.24) is 4.90 Å². The van der Waals surface area contributed by atoms with E-state index in [2.05, 4.69) is 0 Å². The van der Waals surface area contributed by atoms with Gasteiger partial charge in [0.2, 0.25) is 0 Å². The minimum absolute atomic E-state index is 0.00389. The zero-order chi connectivity index (χ0) is 18.0. The summed E-state index contributed by atoms with van der Waals surface area (Å²) in [4.78, 5) is 26.5. The molecule has 0 saturated heterocycles. The molecule has 1 unspecified atom stereocenters. The molecule has 1 atom stereocenters. The van der Waals surface area contributed by atoms with Gasteiger partial charge in [0.15, 0.2) is 0 Å². The van der Waals surface area contributed by atoms with Crippen molar-refractivity contribution in [3.8, 4) is 5.75 Å². The summed E-state index contributed by atoms with van der Waals surface area (Å²) in [5.41, 5.74) is 1.60. The smallest absolute Gasteiger partial charge is 0.309 e. The number of phenols is 1. The third-order valence-corrected chi connectivity index (χ3v) is 5.52. The van der Waals surface area contributed by atoms with E-state index in [0.29, 0.717) is 18.0 Å². The van der Waals surface area contributed by atoms with Gasteiger partial charge in [-0.1, -0.05) is 13.0 Å². The molecule has 1 aromatic rings. The first kappa shape index (κ1) is 17.8. The SMILES string of the molecule is CCC(C)OC(=O)[C@H]1CC[C@H](CN2Cc3ccc(O)cc3C2=O)CC1. The van der Waals surface area contributed by atoms with Crippen LogP contribution in [0.2, 0.25) is 0 Å². The van der Waals surface area contributed by atoms with Gasteiger partial charge in [0.1, 0.15) is 5.75 Å². The number of benzene rings is 1. The van der Waals surface area contributed by atoms with Crippen molar-refractivity contribution in [2.75, 3.05) is 6.54 Å². The summed E-state index contributed by atoms with van der Waals surface area (Å²) in [5.74, 6) is 0.514. The third-order valence-electron chi connectivity index (χ3n) is 5.52. The standard InChI is InChI=1S/C20H27NO4/c1-3-13(2)25-20(24)15-6-4-14(5-7-15)11-21-12-16-8-9-17(22)10-18(16)19(21)23/h8-10,13-15,22H,3-7,11-12H2,1-2H3/t13?,14-,15-. The van der Waals surface area contributed by atoms with Crippen molar-refractivity contribution in [2.45, 2.75) is 58.6 Å². The summed E-state index contributed by atoms with van der Waals surface area (Å²) in [6.45, 7) is 5.28. The van der Waals surface area contributed by atoms with E-state index in [1.165, 1.54) is 0 Å². The van der Waals surface area contributed by atoms with E-state index in [9.17, 15) is 14.7 Å². The molecule has 1 N–H and O–H groups in total. The van der Waals surface area contributed by atoms with Gasteiger partial charge >= 0.3 is 5.97 Å². The highest BCUT2D eigenvalue weighted by molar-refractivity contribution is 5.98. The highest BCUT2D eigenvalue weighted by Crippen LogP contribution is 2.33. The summed E-state index contributed by atoms with van der Waals surface area (Å²) < 4.78 is 5.45. The van der Waals surface area contributed by atoms with Gasteiger partial charge in [0.25, 0.3) is 5.91 Å². The fraction of sp³-hybridized carbons (Fsp3) is 0.600. The van der Waals surface area contributed by atoms with Gasteiger partial charge in [0.05, 0.1) is 12.0 Å². The normalized spacial score (nSPS) is 24.1. The molecule has 2 aliphatic rings. The van der Waals surface area contributed by atoms with Gasteiger partial charge in [-0.2, -0.15) is 0 Å². The Labute approximate surface area is 149 Å². The maximum atomic E-state index is 12.5. The number of esters is 1. The molecule has 1 aromatic carbocycles. The lowest BCUT2D eigenvalue weighted by atomic mass is 9.82. The van der Waals surface area contributed by atoms with Crippen molar-refractivity contribution in [3.05, 3.63) is 29.3 Å². The van der Waals surface area contributed by atoms with Crippen LogP contribution < -0.4 is 0 Å². The van der Waals surface area contributed by atoms with Gasteiger partial charge in [-0.05, 0) is 62.6 Å². The Bertz CT molecular complexity index is 649. The van der Waals surface area contributed by atoms with Gasteiger partial charge in [0, 0.05) is 18.7 Å². The maximum Gasteiger partial charge on any atom is 0.309 e. The van der Waals surface area contributed by atoms with E-state index >= 15 is 0 Å². The molecular formula is C20H27NO4. The lowest BCUT2D eigenvalue weighted by Gasteiger charge is -2.30. The average molecular weight is 345 g/mol. The number of hydrogen-bond donors (Lipinski definition) is 1. The second-order valence-corrected chi connectivity index (χ2v) is 7.40. The minimum Gasteiger partial charge on any atom is -0.508 e. The summed E-state index contributed by atoms with van der Waals surface area (Å²) in [6, 6.07) is 5.01. The number of phenolic OH excluding ortho intramolecular Hbond substituents is 1. The topological polar surface area (TPSA) is 66.8 Å². The second-order valence-electron chi connectivity index (χ2n) is 7.40. The number of ether oxygens (including phenoxy) is 1. The number of rotatable bonds is 5. The van der Waals surface area contributed by atoms with Gasteiger partial charge in [-0.25, -0.2) is 0 Å². The number of amides is 1. The molecule has 1 saturated carbocycles. The van der Waals surface area contributed by atoms with Crippen molar-refractivity contribution < 1.29 is 19.4 Å². The highest BCUT2D eigenvalue weighted by Gasteiger charge is 2.33. The van der Waals surface area contributed by atoms with E-state index in [-0.39, 0.29) is 29.6 Å². The molecule has 1 aliphatic heterocycles. The van der Waals surface area contributed by atoms with Crippen LogP contribution in [0, 0.1) is 11.8 Å². The van der Waals surface area contributed by atoms with Crippen molar-refractivity contribution >= 4 is 11.9 Å². The molecular weight excluding hydrogens is 318 g/mol. The minimum atomic E-state index is -0.0621. The Morgan fingerprint density at radius 3 is 2.72 bits per heavy atom. The molecule has 1 fully saturated rings. The van der Waals surface area contributed by atoms with Crippen molar-refractivity contribution in [1.29, 1.82) is 0 Å². The molecule has 136 valence electrons. The predicted molar refractivity (Wildman–Crippen MR) is 94.1 cm³/mol. The van der Waals surface area contributed by atoms with Crippen molar-refractivity contribution in [2.24, 2.45) is 11.8 Å². The van der Waals surface area contributed by atoms with Crippen LogP contribution in [0.4, 0.5) is 0 Å². The Kier molecular flexibility index (Phi) is 5.30. The van der Waals surface area contributed by atoms with Crippen LogP contribution in [0.15, 0.2) is 18.2 Å². The molecule has 0 aromatic heterocycles. The molecule has 3 rings (SSSR count). The fourth-order valence-corrected chi connectivity index (χ4v) is 3.77. The van der Waals surface area contributed by atoms with Crippen LogP contribution in [-0.4, -0.2) is 34.5 Å². The summed E-state index contributed by atoms with van der Waals surface area (Å²) >= 11 is 0. The number of aromatic hydroxyl groups is 1. The summed E-state index contributed by atoms with van der Waals surface area (Å²) in [7, 11) is 0.